The lowest BCUT2D eigenvalue weighted by molar-refractivity contribution is 0.624. The van der Waals surface area contributed by atoms with Crippen molar-refractivity contribution in [3.8, 4) is 0 Å². The molecule has 1 aromatic heterocycles. The van der Waals surface area contributed by atoms with Crippen LogP contribution in [0.15, 0.2) is 35.1 Å². The van der Waals surface area contributed by atoms with E-state index in [1.807, 2.05) is 24.3 Å². The second kappa shape index (κ2) is 5.40. The molecule has 0 atom stereocenters. The van der Waals surface area contributed by atoms with E-state index in [1.165, 1.54) is 0 Å². The van der Waals surface area contributed by atoms with Gasteiger partial charge in [-0.25, -0.2) is 0 Å². The van der Waals surface area contributed by atoms with E-state index in [1.54, 1.807) is 17.7 Å². The van der Waals surface area contributed by atoms with Crippen LogP contribution in [0.3, 0.4) is 0 Å². The Labute approximate surface area is 120 Å². The van der Waals surface area contributed by atoms with Crippen LogP contribution in [0.2, 0.25) is 0 Å². The average Bonchev–Trinajstić information content (AvgIpc) is 2.47. The Morgan fingerprint density at radius 2 is 1.95 bits per heavy atom. The van der Waals surface area contributed by atoms with Crippen LogP contribution >= 0.6 is 0 Å². The second-order valence-corrected chi connectivity index (χ2v) is 6.94. The zero-order chi connectivity index (χ0) is 14.1. The Balaban J connectivity index is 1.97. The number of hydrogen-bond donors (Lipinski definition) is 1. The number of rotatable bonds is 2. The minimum Gasteiger partial charge on any atom is -0.382 e. The van der Waals surface area contributed by atoms with Gasteiger partial charge in [-0.2, -0.15) is 0 Å². The summed E-state index contributed by atoms with van der Waals surface area (Å²) in [4.78, 5) is 12.0. The number of pyridine rings is 1. The van der Waals surface area contributed by atoms with E-state index in [-0.39, 0.29) is 5.56 Å². The fourth-order valence-electron chi connectivity index (χ4n) is 2.69. The Morgan fingerprint density at radius 3 is 2.70 bits per heavy atom. The van der Waals surface area contributed by atoms with E-state index in [0.29, 0.717) is 6.04 Å². The topological polar surface area (TPSA) is 51.1 Å². The van der Waals surface area contributed by atoms with Crippen LogP contribution in [0.25, 0.3) is 10.9 Å². The molecule has 20 heavy (non-hydrogen) atoms. The van der Waals surface area contributed by atoms with Gasteiger partial charge in [0.05, 0.1) is 5.52 Å². The van der Waals surface area contributed by atoms with Crippen molar-refractivity contribution in [2.45, 2.75) is 18.9 Å². The van der Waals surface area contributed by atoms with Crippen LogP contribution in [0, 0.1) is 0 Å². The first kappa shape index (κ1) is 13.4. The van der Waals surface area contributed by atoms with Gasteiger partial charge in [-0.05, 0) is 18.9 Å². The number of aromatic nitrogens is 1. The molecular formula is C15H18N2O2S. The number of fused-ring (bicyclic) bond motifs is 1. The van der Waals surface area contributed by atoms with Crippen molar-refractivity contribution in [1.82, 2.24) is 4.57 Å². The number of para-hydroxylation sites is 1. The van der Waals surface area contributed by atoms with E-state index >= 15 is 0 Å². The fraction of sp³-hybridized carbons (Fsp3) is 0.400. The van der Waals surface area contributed by atoms with Crippen molar-refractivity contribution >= 4 is 27.4 Å². The number of nitrogens with one attached hydrogen (secondary N) is 1. The summed E-state index contributed by atoms with van der Waals surface area (Å²) in [5.41, 5.74) is 1.81. The first-order valence-electron chi connectivity index (χ1n) is 6.85. The molecule has 5 heteroatoms. The second-order valence-electron chi connectivity index (χ2n) is 5.24. The third-order valence-corrected chi connectivity index (χ3v) is 5.28. The molecule has 0 saturated carbocycles. The van der Waals surface area contributed by atoms with Gasteiger partial charge in [0.2, 0.25) is 0 Å². The predicted molar refractivity (Wildman–Crippen MR) is 83.7 cm³/mol. The molecule has 0 aliphatic carbocycles. The van der Waals surface area contributed by atoms with Crippen LogP contribution in [0.5, 0.6) is 0 Å². The molecule has 0 amide bonds. The highest BCUT2D eigenvalue weighted by Crippen LogP contribution is 2.23. The highest BCUT2D eigenvalue weighted by atomic mass is 32.2. The smallest absolute Gasteiger partial charge is 0.252 e. The lowest BCUT2D eigenvalue weighted by Gasteiger charge is -2.24. The van der Waals surface area contributed by atoms with Gasteiger partial charge < -0.3 is 9.88 Å². The van der Waals surface area contributed by atoms with E-state index in [2.05, 4.69) is 5.32 Å². The standard InChI is InChI=1S/C15H18N2O2S/c1-17-14-5-3-2-4-12(14)13(10-15(17)18)16-11-6-8-20(19)9-7-11/h2-5,10-11,16H,6-9H2,1H3. The minimum atomic E-state index is -0.660. The molecule has 2 aromatic rings. The monoisotopic (exact) mass is 290 g/mol. The predicted octanol–water partition coefficient (Wildman–Crippen LogP) is 1.86. The molecule has 1 aliphatic rings. The highest BCUT2D eigenvalue weighted by molar-refractivity contribution is 7.85. The summed E-state index contributed by atoms with van der Waals surface area (Å²) < 4.78 is 13.1. The highest BCUT2D eigenvalue weighted by Gasteiger charge is 2.18. The van der Waals surface area contributed by atoms with Gasteiger partial charge in [0.1, 0.15) is 0 Å². The van der Waals surface area contributed by atoms with E-state index in [9.17, 15) is 9.00 Å². The molecular weight excluding hydrogens is 272 g/mol. The van der Waals surface area contributed by atoms with E-state index < -0.39 is 10.8 Å². The number of benzene rings is 1. The summed E-state index contributed by atoms with van der Waals surface area (Å²) in [6, 6.07) is 9.87. The Bertz CT molecular complexity index is 713. The van der Waals surface area contributed by atoms with E-state index in [4.69, 9.17) is 0 Å². The van der Waals surface area contributed by atoms with Crippen molar-refractivity contribution < 1.29 is 4.21 Å². The number of anilines is 1. The molecule has 1 aliphatic heterocycles. The summed E-state index contributed by atoms with van der Waals surface area (Å²) >= 11 is 0. The summed E-state index contributed by atoms with van der Waals surface area (Å²) in [7, 11) is 1.13. The van der Waals surface area contributed by atoms with Gasteiger partial charge in [-0.15, -0.1) is 0 Å². The van der Waals surface area contributed by atoms with Crippen molar-refractivity contribution in [2.24, 2.45) is 7.05 Å². The first-order chi connectivity index (χ1) is 9.65. The molecule has 1 saturated heterocycles. The summed E-state index contributed by atoms with van der Waals surface area (Å²) in [5, 5.41) is 4.52. The number of aryl methyl sites for hydroxylation is 1. The van der Waals surface area contributed by atoms with Gasteiger partial charge >= 0.3 is 0 Å². The van der Waals surface area contributed by atoms with Crippen LogP contribution in [-0.2, 0) is 17.8 Å². The Hall–Kier alpha value is -1.62. The SMILES string of the molecule is Cn1c(=O)cc(NC2CCS(=O)CC2)c2ccccc21. The molecule has 4 nitrogen and oxygen atoms in total. The summed E-state index contributed by atoms with van der Waals surface area (Å²) in [6.07, 6.45) is 1.80. The van der Waals surface area contributed by atoms with Crippen molar-refractivity contribution in [2.75, 3.05) is 16.8 Å². The molecule has 106 valence electrons. The van der Waals surface area contributed by atoms with Gasteiger partial charge in [0.15, 0.2) is 0 Å². The molecule has 2 heterocycles. The van der Waals surface area contributed by atoms with Crippen molar-refractivity contribution in [1.29, 1.82) is 0 Å². The zero-order valence-electron chi connectivity index (χ0n) is 11.5. The molecule has 0 unspecified atom stereocenters. The van der Waals surface area contributed by atoms with Crippen LogP contribution < -0.4 is 10.9 Å². The average molecular weight is 290 g/mol. The van der Waals surface area contributed by atoms with Gasteiger partial charge in [0, 0.05) is 52.5 Å². The van der Waals surface area contributed by atoms with Gasteiger partial charge in [-0.3, -0.25) is 9.00 Å². The molecule has 0 spiro atoms. The lowest BCUT2D eigenvalue weighted by Crippen LogP contribution is -2.30. The lowest BCUT2D eigenvalue weighted by atomic mass is 10.1. The van der Waals surface area contributed by atoms with Gasteiger partial charge in [0.25, 0.3) is 5.56 Å². The molecule has 0 radical (unpaired) electrons. The third-order valence-electron chi connectivity index (χ3n) is 3.90. The van der Waals surface area contributed by atoms with Crippen molar-refractivity contribution in [3.05, 3.63) is 40.7 Å². The Kier molecular flexibility index (Phi) is 3.61. The molecule has 0 bridgehead atoms. The minimum absolute atomic E-state index is 0.00872. The quantitative estimate of drug-likeness (QED) is 0.918. The Morgan fingerprint density at radius 1 is 1.25 bits per heavy atom. The van der Waals surface area contributed by atoms with Crippen molar-refractivity contribution in [3.63, 3.8) is 0 Å². The molecule has 1 aromatic carbocycles. The maximum absolute atomic E-state index is 12.0. The molecule has 3 rings (SSSR count). The number of nitrogens with zero attached hydrogens (tertiary/aromatic N) is 1. The van der Waals surface area contributed by atoms with Gasteiger partial charge in [-0.1, -0.05) is 18.2 Å². The third kappa shape index (κ3) is 2.50. The fourth-order valence-corrected chi connectivity index (χ4v) is 3.99. The maximum atomic E-state index is 12.0. The van der Waals surface area contributed by atoms with Crippen LogP contribution in [0.4, 0.5) is 5.69 Å². The zero-order valence-corrected chi connectivity index (χ0v) is 12.3. The largest absolute Gasteiger partial charge is 0.382 e. The number of hydrogen-bond acceptors (Lipinski definition) is 3. The van der Waals surface area contributed by atoms with E-state index in [0.717, 1.165) is 40.9 Å². The normalized spacial score (nSPS) is 22.9. The summed E-state index contributed by atoms with van der Waals surface area (Å²) in [5.74, 6) is 1.50. The maximum Gasteiger partial charge on any atom is 0.252 e. The molecule has 1 N–H and O–H groups in total. The first-order valence-corrected chi connectivity index (χ1v) is 8.34. The van der Waals surface area contributed by atoms with Crippen LogP contribution in [-0.4, -0.2) is 26.3 Å². The van der Waals surface area contributed by atoms with Crippen LogP contribution in [0.1, 0.15) is 12.8 Å². The summed E-state index contributed by atoms with van der Waals surface area (Å²) in [6.45, 7) is 0. The molecule has 1 fully saturated rings.